The Balaban J connectivity index is 1.78. The van der Waals surface area contributed by atoms with E-state index in [2.05, 4.69) is 0 Å². The summed E-state index contributed by atoms with van der Waals surface area (Å²) in [7, 11) is 1.58. The van der Waals surface area contributed by atoms with Crippen molar-refractivity contribution in [2.24, 2.45) is 0 Å². The van der Waals surface area contributed by atoms with Crippen molar-refractivity contribution in [1.29, 1.82) is 0 Å². The van der Waals surface area contributed by atoms with Crippen LogP contribution in [0.3, 0.4) is 0 Å². The van der Waals surface area contributed by atoms with Crippen LogP contribution in [0.4, 0.5) is 0 Å². The molecule has 0 aliphatic heterocycles. The third-order valence-electron chi connectivity index (χ3n) is 4.11. The SMILES string of the molecule is COc1ccc(-c2cc(OC(=O)c3ccccc3Cl)cc3sc(=O)oc23)cc1. The molecule has 0 bridgehead atoms. The summed E-state index contributed by atoms with van der Waals surface area (Å²) in [4.78, 5) is 23.9. The van der Waals surface area contributed by atoms with E-state index >= 15 is 0 Å². The van der Waals surface area contributed by atoms with Gasteiger partial charge in [0, 0.05) is 11.6 Å². The summed E-state index contributed by atoms with van der Waals surface area (Å²) in [5, 5.41) is 0.303. The number of ether oxygens (including phenoxy) is 2. The fraction of sp³-hybridized carbons (Fsp3) is 0.0476. The van der Waals surface area contributed by atoms with E-state index < -0.39 is 10.9 Å². The maximum Gasteiger partial charge on any atom is 0.396 e. The molecule has 3 aromatic carbocycles. The Kier molecular flexibility index (Phi) is 4.90. The van der Waals surface area contributed by atoms with Crippen LogP contribution < -0.4 is 14.4 Å². The lowest BCUT2D eigenvalue weighted by molar-refractivity contribution is 0.0735. The lowest BCUT2D eigenvalue weighted by Crippen LogP contribution is -2.09. The first-order chi connectivity index (χ1) is 13.5. The molecule has 0 unspecified atom stereocenters. The Morgan fingerprint density at radius 3 is 2.50 bits per heavy atom. The van der Waals surface area contributed by atoms with Crippen molar-refractivity contribution in [3.05, 3.63) is 81.0 Å². The zero-order chi connectivity index (χ0) is 19.7. The molecule has 0 aliphatic rings. The quantitative estimate of drug-likeness (QED) is 0.331. The predicted octanol–water partition coefficient (Wildman–Crippen LogP) is 5.40. The third-order valence-corrected chi connectivity index (χ3v) is 5.22. The number of carbonyl (C=O) groups excluding carboxylic acids is 1. The largest absolute Gasteiger partial charge is 0.497 e. The summed E-state index contributed by atoms with van der Waals surface area (Å²) in [6, 6.07) is 17.2. The van der Waals surface area contributed by atoms with Gasteiger partial charge >= 0.3 is 10.9 Å². The number of hydrogen-bond donors (Lipinski definition) is 0. The second kappa shape index (κ2) is 7.50. The molecular formula is C21H13ClO5S. The van der Waals surface area contributed by atoms with E-state index in [1.807, 2.05) is 12.1 Å². The summed E-state index contributed by atoms with van der Waals surface area (Å²) >= 11 is 7.02. The Bertz CT molecular complexity index is 1220. The summed E-state index contributed by atoms with van der Waals surface area (Å²) in [5.74, 6) is 0.412. The summed E-state index contributed by atoms with van der Waals surface area (Å²) in [6.45, 7) is 0. The van der Waals surface area contributed by atoms with Gasteiger partial charge in [0.15, 0.2) is 5.58 Å². The minimum Gasteiger partial charge on any atom is -0.497 e. The highest BCUT2D eigenvalue weighted by Crippen LogP contribution is 2.35. The van der Waals surface area contributed by atoms with E-state index in [1.54, 1.807) is 55.6 Å². The van der Waals surface area contributed by atoms with Gasteiger partial charge in [-0.2, -0.15) is 0 Å². The molecule has 0 radical (unpaired) electrons. The van der Waals surface area contributed by atoms with E-state index in [9.17, 15) is 9.59 Å². The van der Waals surface area contributed by atoms with E-state index in [1.165, 1.54) is 0 Å². The molecule has 140 valence electrons. The summed E-state index contributed by atoms with van der Waals surface area (Å²) < 4.78 is 16.6. The van der Waals surface area contributed by atoms with Gasteiger partial charge in [0.2, 0.25) is 0 Å². The lowest BCUT2D eigenvalue weighted by Gasteiger charge is -2.09. The summed E-state index contributed by atoms with van der Waals surface area (Å²) in [5.41, 5.74) is 2.14. The van der Waals surface area contributed by atoms with E-state index in [0.717, 1.165) is 16.9 Å². The van der Waals surface area contributed by atoms with Crippen LogP contribution in [0.15, 0.2) is 69.9 Å². The van der Waals surface area contributed by atoms with Gasteiger partial charge in [0.25, 0.3) is 0 Å². The number of methoxy groups -OCH3 is 1. The van der Waals surface area contributed by atoms with Gasteiger partial charge in [-0.05, 0) is 35.9 Å². The molecule has 28 heavy (non-hydrogen) atoms. The molecular weight excluding hydrogens is 400 g/mol. The van der Waals surface area contributed by atoms with Crippen LogP contribution in [-0.2, 0) is 0 Å². The number of esters is 1. The number of halogens is 1. The highest BCUT2D eigenvalue weighted by Gasteiger charge is 2.17. The molecule has 4 rings (SSSR count). The molecule has 1 aromatic heterocycles. The van der Waals surface area contributed by atoms with Crippen LogP contribution in [0.1, 0.15) is 10.4 Å². The Labute approximate surface area is 168 Å². The maximum absolute atomic E-state index is 12.5. The second-order valence-corrected chi connectivity index (χ2v) is 7.23. The monoisotopic (exact) mass is 412 g/mol. The lowest BCUT2D eigenvalue weighted by atomic mass is 10.0. The third kappa shape index (κ3) is 3.52. The smallest absolute Gasteiger partial charge is 0.396 e. The zero-order valence-electron chi connectivity index (χ0n) is 14.6. The number of benzene rings is 3. The van der Waals surface area contributed by atoms with Gasteiger partial charge in [-0.1, -0.05) is 47.2 Å². The molecule has 0 amide bonds. The van der Waals surface area contributed by atoms with Crippen molar-refractivity contribution in [3.8, 4) is 22.6 Å². The highest BCUT2D eigenvalue weighted by atomic mass is 35.5. The Morgan fingerprint density at radius 2 is 1.79 bits per heavy atom. The average molecular weight is 413 g/mol. The molecule has 0 saturated heterocycles. The normalized spacial score (nSPS) is 10.8. The Hall–Kier alpha value is -3.09. The molecule has 7 heteroatoms. The van der Waals surface area contributed by atoms with Crippen molar-refractivity contribution in [1.82, 2.24) is 0 Å². The van der Waals surface area contributed by atoms with Crippen molar-refractivity contribution in [2.45, 2.75) is 0 Å². The molecule has 0 fully saturated rings. The van der Waals surface area contributed by atoms with Crippen LogP contribution in [0.2, 0.25) is 5.02 Å². The predicted molar refractivity (Wildman–Crippen MR) is 109 cm³/mol. The maximum atomic E-state index is 12.5. The molecule has 0 aliphatic carbocycles. The first-order valence-electron chi connectivity index (χ1n) is 8.24. The average Bonchev–Trinajstić information content (AvgIpc) is 3.07. The van der Waals surface area contributed by atoms with Crippen LogP contribution in [0, 0.1) is 0 Å². The van der Waals surface area contributed by atoms with Crippen molar-refractivity contribution in [2.75, 3.05) is 7.11 Å². The molecule has 1 heterocycles. The molecule has 0 spiro atoms. The van der Waals surface area contributed by atoms with E-state index in [0.29, 0.717) is 32.4 Å². The van der Waals surface area contributed by atoms with Crippen LogP contribution in [-0.4, -0.2) is 13.1 Å². The van der Waals surface area contributed by atoms with Crippen LogP contribution >= 0.6 is 22.9 Å². The number of fused-ring (bicyclic) bond motifs is 1. The number of rotatable bonds is 4. The van der Waals surface area contributed by atoms with Crippen LogP contribution in [0.5, 0.6) is 11.5 Å². The van der Waals surface area contributed by atoms with Gasteiger partial charge < -0.3 is 13.9 Å². The second-order valence-electron chi connectivity index (χ2n) is 5.85. The van der Waals surface area contributed by atoms with Gasteiger partial charge in [-0.15, -0.1) is 0 Å². The number of hydrogen-bond acceptors (Lipinski definition) is 6. The van der Waals surface area contributed by atoms with E-state index in [4.69, 9.17) is 25.5 Å². The van der Waals surface area contributed by atoms with Gasteiger partial charge in [0.1, 0.15) is 11.5 Å². The Morgan fingerprint density at radius 1 is 1.04 bits per heavy atom. The molecule has 4 aromatic rings. The highest BCUT2D eigenvalue weighted by molar-refractivity contribution is 7.16. The van der Waals surface area contributed by atoms with Crippen molar-refractivity contribution < 1.29 is 18.7 Å². The zero-order valence-corrected chi connectivity index (χ0v) is 16.2. The van der Waals surface area contributed by atoms with Crippen LogP contribution in [0.25, 0.3) is 21.4 Å². The molecule has 0 saturated carbocycles. The first kappa shape index (κ1) is 18.3. The van der Waals surface area contributed by atoms with Gasteiger partial charge in [-0.3, -0.25) is 0 Å². The molecule has 0 atom stereocenters. The van der Waals surface area contributed by atoms with Gasteiger partial charge in [0.05, 0.1) is 22.4 Å². The van der Waals surface area contributed by atoms with Gasteiger partial charge in [-0.25, -0.2) is 9.59 Å². The van der Waals surface area contributed by atoms with E-state index in [-0.39, 0.29) is 5.56 Å². The number of carbonyl (C=O) groups is 1. The fourth-order valence-corrected chi connectivity index (χ4v) is 3.72. The molecule has 0 N–H and O–H groups in total. The van der Waals surface area contributed by atoms with Crippen molar-refractivity contribution >= 4 is 39.2 Å². The molecule has 5 nitrogen and oxygen atoms in total. The van der Waals surface area contributed by atoms with Crippen molar-refractivity contribution in [3.63, 3.8) is 0 Å². The minimum atomic E-state index is -0.582. The summed E-state index contributed by atoms with van der Waals surface area (Å²) in [6.07, 6.45) is 0. The fourth-order valence-electron chi connectivity index (χ4n) is 2.78. The topological polar surface area (TPSA) is 65.7 Å². The minimum absolute atomic E-state index is 0.260. The first-order valence-corrected chi connectivity index (χ1v) is 9.43. The standard InChI is InChI=1S/C21H13ClO5S/c1-25-13-8-6-12(7-9-13)16-10-14(11-18-19(16)27-21(24)28-18)26-20(23)15-4-2-3-5-17(15)22/h2-11H,1H3.